The van der Waals surface area contributed by atoms with Gasteiger partial charge < -0.3 is 0 Å². The number of halogens is 2. The Morgan fingerprint density at radius 2 is 2.00 bits per heavy atom. The van der Waals surface area contributed by atoms with E-state index in [4.69, 9.17) is 11.6 Å². The molecule has 1 aromatic carbocycles. The summed E-state index contributed by atoms with van der Waals surface area (Å²) in [4.78, 5) is 0. The molecular formula is C13H18BrCl. The van der Waals surface area contributed by atoms with Gasteiger partial charge in [-0.15, -0.1) is 11.6 Å². The van der Waals surface area contributed by atoms with Crippen molar-refractivity contribution in [2.24, 2.45) is 0 Å². The molecule has 0 saturated carbocycles. The number of benzene rings is 1. The molecule has 0 spiro atoms. The predicted octanol–water partition coefficient (Wildman–Crippen LogP) is 5.26. The second-order valence-electron chi connectivity index (χ2n) is 3.94. The Morgan fingerprint density at radius 3 is 2.47 bits per heavy atom. The fourth-order valence-electron chi connectivity index (χ4n) is 1.75. The van der Waals surface area contributed by atoms with Gasteiger partial charge in [-0.25, -0.2) is 0 Å². The number of rotatable bonds is 4. The van der Waals surface area contributed by atoms with E-state index in [0.717, 1.165) is 6.42 Å². The highest BCUT2D eigenvalue weighted by atomic mass is 79.9. The van der Waals surface area contributed by atoms with E-state index in [-0.39, 0.29) is 0 Å². The first-order valence-electron chi connectivity index (χ1n) is 5.51. The zero-order chi connectivity index (χ0) is 11.4. The van der Waals surface area contributed by atoms with E-state index >= 15 is 0 Å². The van der Waals surface area contributed by atoms with E-state index in [1.54, 1.807) is 0 Å². The fourth-order valence-corrected chi connectivity index (χ4v) is 2.79. The third-order valence-corrected chi connectivity index (χ3v) is 3.98. The molecule has 15 heavy (non-hydrogen) atoms. The van der Waals surface area contributed by atoms with Gasteiger partial charge in [0.1, 0.15) is 0 Å². The molecule has 0 heterocycles. The third kappa shape index (κ3) is 2.98. The molecule has 0 aliphatic rings. The first-order valence-corrected chi connectivity index (χ1v) is 6.83. The summed E-state index contributed by atoms with van der Waals surface area (Å²) >= 11 is 9.62. The molecule has 0 aliphatic carbocycles. The third-order valence-electron chi connectivity index (χ3n) is 2.99. The van der Waals surface area contributed by atoms with Crippen LogP contribution >= 0.6 is 27.5 Å². The maximum absolute atomic E-state index is 5.98. The largest absolute Gasteiger partial charge is 0.122 e. The Bertz CT molecular complexity index is 334. The summed E-state index contributed by atoms with van der Waals surface area (Å²) in [6.45, 7) is 6.64. The SMILES string of the molecule is CCc1c(Br)cc(C(C)CC)cc1CCl. The van der Waals surface area contributed by atoms with Crippen LogP contribution in [0, 0.1) is 0 Å². The smallest absolute Gasteiger partial charge is 0.0477 e. The molecule has 0 amide bonds. The minimum atomic E-state index is 0.603. The summed E-state index contributed by atoms with van der Waals surface area (Å²) < 4.78 is 1.21. The second-order valence-corrected chi connectivity index (χ2v) is 5.06. The van der Waals surface area contributed by atoms with Crippen LogP contribution in [0.5, 0.6) is 0 Å². The van der Waals surface area contributed by atoms with Gasteiger partial charge in [-0.2, -0.15) is 0 Å². The fraction of sp³-hybridized carbons (Fsp3) is 0.538. The Morgan fingerprint density at radius 1 is 1.33 bits per heavy atom. The molecule has 1 aromatic rings. The van der Waals surface area contributed by atoms with Crippen LogP contribution in [0.3, 0.4) is 0 Å². The van der Waals surface area contributed by atoms with Gasteiger partial charge in [-0.05, 0) is 41.5 Å². The molecule has 0 nitrogen and oxygen atoms in total. The molecule has 0 N–H and O–H groups in total. The molecule has 84 valence electrons. The molecule has 0 fully saturated rings. The van der Waals surface area contributed by atoms with E-state index in [2.05, 4.69) is 48.8 Å². The Labute approximate surface area is 106 Å². The highest BCUT2D eigenvalue weighted by molar-refractivity contribution is 9.10. The zero-order valence-corrected chi connectivity index (χ0v) is 12.0. The van der Waals surface area contributed by atoms with Crippen molar-refractivity contribution in [2.45, 2.75) is 45.4 Å². The molecule has 0 aromatic heterocycles. The first kappa shape index (κ1) is 13.1. The van der Waals surface area contributed by atoms with Gasteiger partial charge in [0.05, 0.1) is 0 Å². The van der Waals surface area contributed by atoms with Gasteiger partial charge in [0.15, 0.2) is 0 Å². The van der Waals surface area contributed by atoms with Crippen molar-refractivity contribution >= 4 is 27.5 Å². The van der Waals surface area contributed by atoms with E-state index in [1.807, 2.05) is 0 Å². The van der Waals surface area contributed by atoms with Crippen molar-refractivity contribution in [3.05, 3.63) is 33.3 Å². The van der Waals surface area contributed by atoms with Crippen molar-refractivity contribution in [3.8, 4) is 0 Å². The van der Waals surface area contributed by atoms with Crippen LogP contribution in [0.25, 0.3) is 0 Å². The van der Waals surface area contributed by atoms with E-state index in [0.29, 0.717) is 11.8 Å². The van der Waals surface area contributed by atoms with Crippen LogP contribution in [0.1, 0.15) is 49.8 Å². The average molecular weight is 290 g/mol. The van der Waals surface area contributed by atoms with Crippen LogP contribution in [0.2, 0.25) is 0 Å². The van der Waals surface area contributed by atoms with E-state index < -0.39 is 0 Å². The van der Waals surface area contributed by atoms with Gasteiger partial charge in [-0.3, -0.25) is 0 Å². The molecule has 0 aliphatic heterocycles. The summed E-state index contributed by atoms with van der Waals surface area (Å²) in [7, 11) is 0. The lowest BCUT2D eigenvalue weighted by atomic mass is 9.94. The Kier molecular flexibility index (Phi) is 5.14. The monoisotopic (exact) mass is 288 g/mol. The summed E-state index contributed by atoms with van der Waals surface area (Å²) in [5.41, 5.74) is 4.00. The minimum Gasteiger partial charge on any atom is -0.122 e. The molecule has 2 heteroatoms. The maximum Gasteiger partial charge on any atom is 0.0477 e. The highest BCUT2D eigenvalue weighted by Gasteiger charge is 2.10. The van der Waals surface area contributed by atoms with Gasteiger partial charge in [0, 0.05) is 10.4 Å². The maximum atomic E-state index is 5.98. The molecule has 0 radical (unpaired) electrons. The average Bonchev–Trinajstić information content (AvgIpc) is 2.26. The summed E-state index contributed by atoms with van der Waals surface area (Å²) in [5.74, 6) is 1.21. The quantitative estimate of drug-likeness (QED) is 0.663. The van der Waals surface area contributed by atoms with Gasteiger partial charge >= 0.3 is 0 Å². The molecule has 1 atom stereocenters. The van der Waals surface area contributed by atoms with Gasteiger partial charge in [-0.1, -0.05) is 42.8 Å². The molecular weight excluding hydrogens is 272 g/mol. The van der Waals surface area contributed by atoms with Gasteiger partial charge in [0.25, 0.3) is 0 Å². The molecule has 0 saturated heterocycles. The Hall–Kier alpha value is -0.0100. The topological polar surface area (TPSA) is 0 Å². The van der Waals surface area contributed by atoms with Crippen molar-refractivity contribution in [2.75, 3.05) is 0 Å². The lowest BCUT2D eigenvalue weighted by Gasteiger charge is -2.15. The van der Waals surface area contributed by atoms with Crippen LogP contribution in [-0.4, -0.2) is 0 Å². The summed E-state index contributed by atoms with van der Waals surface area (Å²) in [5, 5.41) is 0. The first-order chi connectivity index (χ1) is 7.13. The second kappa shape index (κ2) is 5.91. The van der Waals surface area contributed by atoms with Crippen molar-refractivity contribution in [1.82, 2.24) is 0 Å². The van der Waals surface area contributed by atoms with Crippen molar-refractivity contribution < 1.29 is 0 Å². The molecule has 1 rings (SSSR count). The number of hydrogen-bond acceptors (Lipinski definition) is 0. The normalized spacial score (nSPS) is 12.9. The van der Waals surface area contributed by atoms with Crippen molar-refractivity contribution in [3.63, 3.8) is 0 Å². The highest BCUT2D eigenvalue weighted by Crippen LogP contribution is 2.29. The Balaban J connectivity index is 3.19. The number of alkyl halides is 1. The minimum absolute atomic E-state index is 0.603. The van der Waals surface area contributed by atoms with E-state index in [1.165, 1.54) is 27.6 Å². The zero-order valence-electron chi connectivity index (χ0n) is 9.61. The number of hydrogen-bond donors (Lipinski definition) is 0. The van der Waals surface area contributed by atoms with E-state index in [9.17, 15) is 0 Å². The molecule has 1 unspecified atom stereocenters. The van der Waals surface area contributed by atoms with Gasteiger partial charge in [0.2, 0.25) is 0 Å². The van der Waals surface area contributed by atoms with Crippen LogP contribution in [-0.2, 0) is 12.3 Å². The van der Waals surface area contributed by atoms with Crippen LogP contribution < -0.4 is 0 Å². The summed E-state index contributed by atoms with van der Waals surface area (Å²) in [6, 6.07) is 4.49. The lowest BCUT2D eigenvalue weighted by molar-refractivity contribution is 0.731. The lowest BCUT2D eigenvalue weighted by Crippen LogP contribution is -1.98. The predicted molar refractivity (Wildman–Crippen MR) is 71.8 cm³/mol. The van der Waals surface area contributed by atoms with Crippen molar-refractivity contribution in [1.29, 1.82) is 0 Å². The summed E-state index contributed by atoms with van der Waals surface area (Å²) in [6.07, 6.45) is 2.20. The molecule has 0 bridgehead atoms. The van der Waals surface area contributed by atoms with Crippen LogP contribution in [0.15, 0.2) is 16.6 Å². The van der Waals surface area contributed by atoms with Crippen LogP contribution in [0.4, 0.5) is 0 Å². The standard InChI is InChI=1S/C13H18BrCl/c1-4-9(3)10-6-11(8-15)12(5-2)13(14)7-10/h6-7,9H,4-5,8H2,1-3H3.